The lowest BCUT2D eigenvalue weighted by molar-refractivity contribution is 0.239. The van der Waals surface area contributed by atoms with Gasteiger partial charge in [0.2, 0.25) is 0 Å². The number of hydrogen-bond acceptors (Lipinski definition) is 1. The van der Waals surface area contributed by atoms with Crippen LogP contribution in [0.2, 0.25) is 0 Å². The second-order valence-corrected chi connectivity index (χ2v) is 5.74. The van der Waals surface area contributed by atoms with Crippen molar-refractivity contribution in [3.63, 3.8) is 0 Å². The molecule has 0 amide bonds. The maximum atomic E-state index is 5.33. The van der Waals surface area contributed by atoms with E-state index in [1.165, 1.54) is 36.8 Å². The molecule has 0 aromatic carbocycles. The maximum absolute atomic E-state index is 5.33. The molecule has 1 heteroatoms. The summed E-state index contributed by atoms with van der Waals surface area (Å²) in [4.78, 5) is 0. The third-order valence-corrected chi connectivity index (χ3v) is 4.65. The Balaban J connectivity index is 1.86. The maximum Gasteiger partial charge on any atom is 0.0937 e. The summed E-state index contributed by atoms with van der Waals surface area (Å²) in [5, 5.41) is 0. The molecule has 15 heavy (non-hydrogen) atoms. The molecule has 2 aliphatic carbocycles. The first-order valence-electron chi connectivity index (χ1n) is 6.29. The molecule has 1 nitrogen and oxygen atoms in total. The van der Waals surface area contributed by atoms with Gasteiger partial charge in [0.25, 0.3) is 0 Å². The average molecular weight is 204 g/mol. The Labute approximate surface area is 91.9 Å². The van der Waals surface area contributed by atoms with E-state index in [4.69, 9.17) is 4.42 Å². The third kappa shape index (κ3) is 1.44. The van der Waals surface area contributed by atoms with E-state index in [1.807, 2.05) is 12.5 Å². The predicted molar refractivity (Wildman–Crippen MR) is 60.7 cm³/mol. The third-order valence-electron chi connectivity index (χ3n) is 4.65. The Morgan fingerprint density at radius 3 is 2.60 bits per heavy atom. The zero-order valence-electron chi connectivity index (χ0n) is 9.70. The predicted octanol–water partition coefficient (Wildman–Crippen LogP) is 3.68. The van der Waals surface area contributed by atoms with E-state index in [1.54, 1.807) is 0 Å². The van der Waals surface area contributed by atoms with Crippen LogP contribution in [0.1, 0.15) is 37.8 Å². The van der Waals surface area contributed by atoms with Gasteiger partial charge in [0.1, 0.15) is 0 Å². The van der Waals surface area contributed by atoms with E-state index in [9.17, 15) is 0 Å². The summed E-state index contributed by atoms with van der Waals surface area (Å²) >= 11 is 0. The van der Waals surface area contributed by atoms with E-state index >= 15 is 0 Å². The Bertz CT molecular complexity index is 350. The van der Waals surface area contributed by atoms with Crippen molar-refractivity contribution < 1.29 is 4.42 Å². The van der Waals surface area contributed by atoms with E-state index in [-0.39, 0.29) is 0 Å². The van der Waals surface area contributed by atoms with Crippen LogP contribution in [-0.4, -0.2) is 0 Å². The van der Waals surface area contributed by atoms with E-state index < -0.39 is 0 Å². The number of rotatable bonds is 1. The average Bonchev–Trinajstić information content (AvgIpc) is 2.77. The molecule has 0 saturated heterocycles. The van der Waals surface area contributed by atoms with Crippen LogP contribution in [0.4, 0.5) is 0 Å². The highest BCUT2D eigenvalue weighted by molar-refractivity contribution is 5.26. The molecule has 3 unspecified atom stereocenters. The second kappa shape index (κ2) is 3.40. The molecule has 0 radical (unpaired) electrons. The zero-order valence-corrected chi connectivity index (χ0v) is 9.70. The molecule has 1 heterocycles. The van der Waals surface area contributed by atoms with Crippen LogP contribution in [0.5, 0.6) is 0 Å². The minimum atomic E-state index is 0.855. The standard InChI is InChI=1S/C14H20O/c1-9(2)13-4-3-10-5-11-7-15-8-12(11)6-14(10)13/h7-10,13-14H,3-6H2,1-2H3. The van der Waals surface area contributed by atoms with Crippen LogP contribution in [0.3, 0.4) is 0 Å². The summed E-state index contributed by atoms with van der Waals surface area (Å²) in [6.45, 7) is 4.77. The molecular formula is C14H20O. The van der Waals surface area contributed by atoms with Crippen molar-refractivity contribution in [2.45, 2.75) is 39.5 Å². The van der Waals surface area contributed by atoms with Crippen LogP contribution >= 0.6 is 0 Å². The van der Waals surface area contributed by atoms with Crippen molar-refractivity contribution in [2.24, 2.45) is 23.7 Å². The van der Waals surface area contributed by atoms with Crippen LogP contribution in [0.15, 0.2) is 16.9 Å². The van der Waals surface area contributed by atoms with Gasteiger partial charge in [-0.15, -0.1) is 0 Å². The smallest absolute Gasteiger partial charge is 0.0937 e. The molecule has 1 saturated carbocycles. The van der Waals surface area contributed by atoms with E-state index in [2.05, 4.69) is 13.8 Å². The number of furan rings is 1. The summed E-state index contributed by atoms with van der Waals surface area (Å²) in [6, 6.07) is 0. The molecule has 3 atom stereocenters. The van der Waals surface area contributed by atoms with Crippen LogP contribution in [-0.2, 0) is 12.8 Å². The fourth-order valence-electron chi connectivity index (χ4n) is 3.83. The van der Waals surface area contributed by atoms with E-state index in [0.29, 0.717) is 0 Å². The van der Waals surface area contributed by atoms with E-state index in [0.717, 1.165) is 23.7 Å². The van der Waals surface area contributed by atoms with Gasteiger partial charge < -0.3 is 4.42 Å². The lowest BCUT2D eigenvalue weighted by Gasteiger charge is -2.31. The summed E-state index contributed by atoms with van der Waals surface area (Å²) in [6.07, 6.45) is 9.39. The van der Waals surface area contributed by atoms with Gasteiger partial charge in [0, 0.05) is 0 Å². The highest BCUT2D eigenvalue weighted by Crippen LogP contribution is 2.47. The van der Waals surface area contributed by atoms with Gasteiger partial charge in [-0.3, -0.25) is 0 Å². The molecule has 3 rings (SSSR count). The SMILES string of the molecule is CC(C)C1CCC2Cc3cocc3CC21. The first kappa shape index (κ1) is 9.50. The first-order valence-corrected chi connectivity index (χ1v) is 6.29. The highest BCUT2D eigenvalue weighted by Gasteiger charge is 2.40. The normalized spacial score (nSPS) is 34.2. The number of hydrogen-bond donors (Lipinski definition) is 0. The molecule has 1 aromatic rings. The highest BCUT2D eigenvalue weighted by atomic mass is 16.3. The minimum absolute atomic E-state index is 0.855. The molecule has 2 aliphatic rings. The van der Waals surface area contributed by atoms with Gasteiger partial charge >= 0.3 is 0 Å². The van der Waals surface area contributed by atoms with Crippen molar-refractivity contribution >= 4 is 0 Å². The summed E-state index contributed by atoms with van der Waals surface area (Å²) in [5.74, 6) is 3.70. The zero-order chi connectivity index (χ0) is 10.4. The van der Waals surface area contributed by atoms with Gasteiger partial charge in [-0.2, -0.15) is 0 Å². The largest absolute Gasteiger partial charge is 0.472 e. The Morgan fingerprint density at radius 2 is 1.87 bits per heavy atom. The van der Waals surface area contributed by atoms with Gasteiger partial charge in [-0.25, -0.2) is 0 Å². The topological polar surface area (TPSA) is 13.1 Å². The van der Waals surface area contributed by atoms with Crippen LogP contribution in [0, 0.1) is 23.7 Å². The van der Waals surface area contributed by atoms with Crippen LogP contribution < -0.4 is 0 Å². The van der Waals surface area contributed by atoms with Crippen molar-refractivity contribution in [3.8, 4) is 0 Å². The van der Waals surface area contributed by atoms with Gasteiger partial charge in [0.05, 0.1) is 12.5 Å². The Hall–Kier alpha value is -0.720. The van der Waals surface area contributed by atoms with Crippen molar-refractivity contribution in [1.82, 2.24) is 0 Å². The summed E-state index contributed by atoms with van der Waals surface area (Å²) in [5.41, 5.74) is 2.98. The Kier molecular flexibility index (Phi) is 2.15. The van der Waals surface area contributed by atoms with Gasteiger partial charge in [-0.1, -0.05) is 13.8 Å². The number of fused-ring (bicyclic) bond motifs is 2. The molecule has 82 valence electrons. The quantitative estimate of drug-likeness (QED) is 0.680. The van der Waals surface area contributed by atoms with Crippen molar-refractivity contribution in [2.75, 3.05) is 0 Å². The molecule has 1 aromatic heterocycles. The first-order chi connectivity index (χ1) is 7.25. The molecule has 0 spiro atoms. The fourth-order valence-corrected chi connectivity index (χ4v) is 3.83. The van der Waals surface area contributed by atoms with Crippen molar-refractivity contribution in [1.29, 1.82) is 0 Å². The summed E-state index contributed by atoms with van der Waals surface area (Å²) < 4.78 is 5.33. The van der Waals surface area contributed by atoms with Crippen LogP contribution in [0.25, 0.3) is 0 Å². The molecule has 0 bridgehead atoms. The molecule has 1 fully saturated rings. The lowest BCUT2D eigenvalue weighted by Crippen LogP contribution is -2.26. The van der Waals surface area contributed by atoms with Gasteiger partial charge in [-0.05, 0) is 60.5 Å². The fraction of sp³-hybridized carbons (Fsp3) is 0.714. The Morgan fingerprint density at radius 1 is 1.13 bits per heavy atom. The van der Waals surface area contributed by atoms with Gasteiger partial charge in [0.15, 0.2) is 0 Å². The minimum Gasteiger partial charge on any atom is -0.472 e. The van der Waals surface area contributed by atoms with Crippen molar-refractivity contribution in [3.05, 3.63) is 23.7 Å². The second-order valence-electron chi connectivity index (χ2n) is 5.74. The molecular weight excluding hydrogens is 184 g/mol. The monoisotopic (exact) mass is 204 g/mol. The summed E-state index contributed by atoms with van der Waals surface area (Å²) in [7, 11) is 0. The molecule has 0 N–H and O–H groups in total. The molecule has 0 aliphatic heterocycles. The lowest BCUT2D eigenvalue weighted by atomic mass is 9.73.